The maximum Gasteiger partial charge on any atom is 0.279 e. The lowest BCUT2D eigenvalue weighted by Gasteiger charge is -2.16. The smallest absolute Gasteiger partial charge is 0.279 e. The van der Waals surface area contributed by atoms with Crippen molar-refractivity contribution in [2.75, 3.05) is 32.6 Å². The van der Waals surface area contributed by atoms with Gasteiger partial charge in [0.25, 0.3) is 5.91 Å². The lowest BCUT2D eigenvalue weighted by atomic mass is 10.0. The Morgan fingerprint density at radius 3 is 2.42 bits per heavy atom. The number of carbonyl (C=O) groups is 1. The maximum absolute atomic E-state index is 12.7. The molecule has 5 heteroatoms. The quantitative estimate of drug-likeness (QED) is 0.530. The van der Waals surface area contributed by atoms with Gasteiger partial charge >= 0.3 is 0 Å². The van der Waals surface area contributed by atoms with Gasteiger partial charge in [-0.15, -0.1) is 0 Å². The molecule has 0 radical (unpaired) electrons. The third-order valence-electron chi connectivity index (χ3n) is 5.02. The number of quaternary nitrogens is 1. The monoisotopic (exact) mass is 419 g/mol. The summed E-state index contributed by atoms with van der Waals surface area (Å²) in [6, 6.07) is 24.2. The molecule has 31 heavy (non-hydrogen) atoms. The zero-order valence-electron chi connectivity index (χ0n) is 18.5. The van der Waals surface area contributed by atoms with Gasteiger partial charge < -0.3 is 19.7 Å². The van der Waals surface area contributed by atoms with Gasteiger partial charge in [0, 0.05) is 11.3 Å². The van der Waals surface area contributed by atoms with Gasteiger partial charge in [-0.2, -0.15) is 0 Å². The van der Waals surface area contributed by atoms with E-state index in [9.17, 15) is 4.79 Å². The number of anilines is 1. The summed E-state index contributed by atoms with van der Waals surface area (Å²) in [5.41, 5.74) is 4.29. The standard InChI is InChI=1S/C26H30N2O3/c1-4-31-24-15-14-21(17-25(24)30-3)18-28(2)19-26(29)27-23-13-9-8-12-22(23)16-20-10-6-5-7-11-20/h5-15,17H,4,16,18-19H2,1-3H3,(H,27,29)/p+1. The van der Waals surface area contributed by atoms with E-state index in [1.165, 1.54) is 5.56 Å². The highest BCUT2D eigenvalue weighted by Crippen LogP contribution is 2.27. The van der Waals surface area contributed by atoms with Gasteiger partial charge in [-0.25, -0.2) is 0 Å². The molecule has 1 unspecified atom stereocenters. The Balaban J connectivity index is 1.60. The second-order valence-corrected chi connectivity index (χ2v) is 7.60. The lowest BCUT2D eigenvalue weighted by Crippen LogP contribution is -3.08. The molecule has 0 aliphatic heterocycles. The first-order valence-electron chi connectivity index (χ1n) is 10.6. The molecule has 162 valence electrons. The molecule has 0 aliphatic rings. The summed E-state index contributed by atoms with van der Waals surface area (Å²) in [6.07, 6.45) is 0.784. The number of hydrogen-bond donors (Lipinski definition) is 2. The van der Waals surface area contributed by atoms with Crippen molar-refractivity contribution in [1.29, 1.82) is 0 Å². The Kier molecular flexibility index (Phi) is 8.07. The second-order valence-electron chi connectivity index (χ2n) is 7.60. The molecule has 0 saturated carbocycles. The molecule has 0 bridgehead atoms. The molecule has 0 fully saturated rings. The van der Waals surface area contributed by atoms with Gasteiger partial charge in [0.15, 0.2) is 18.0 Å². The van der Waals surface area contributed by atoms with E-state index < -0.39 is 0 Å². The van der Waals surface area contributed by atoms with Crippen molar-refractivity contribution < 1.29 is 19.2 Å². The molecule has 1 amide bonds. The van der Waals surface area contributed by atoms with Gasteiger partial charge in [0.2, 0.25) is 0 Å². The van der Waals surface area contributed by atoms with Crippen LogP contribution in [0.15, 0.2) is 72.8 Å². The van der Waals surface area contributed by atoms with Crippen LogP contribution in [0.1, 0.15) is 23.6 Å². The molecule has 2 N–H and O–H groups in total. The number of nitrogens with one attached hydrogen (secondary N) is 2. The number of ether oxygens (including phenoxy) is 2. The Labute approximate surface area is 184 Å². The van der Waals surface area contributed by atoms with Crippen molar-refractivity contribution in [2.24, 2.45) is 0 Å². The predicted molar refractivity (Wildman–Crippen MR) is 124 cm³/mol. The van der Waals surface area contributed by atoms with E-state index in [1.807, 2.05) is 68.6 Å². The highest BCUT2D eigenvalue weighted by molar-refractivity contribution is 5.92. The number of likely N-dealkylation sites (N-methyl/N-ethyl adjacent to an activating group) is 1. The highest BCUT2D eigenvalue weighted by Gasteiger charge is 2.14. The van der Waals surface area contributed by atoms with Crippen molar-refractivity contribution >= 4 is 11.6 Å². The SMILES string of the molecule is CCOc1ccc(C[NH+](C)CC(=O)Nc2ccccc2Cc2ccccc2)cc1OC. The summed E-state index contributed by atoms with van der Waals surface area (Å²) in [5, 5.41) is 3.09. The molecule has 0 heterocycles. The van der Waals surface area contributed by atoms with E-state index in [0.717, 1.165) is 33.9 Å². The predicted octanol–water partition coefficient (Wildman–Crippen LogP) is 3.34. The Hall–Kier alpha value is -3.31. The summed E-state index contributed by atoms with van der Waals surface area (Å²) in [6.45, 7) is 3.62. The molecular weight excluding hydrogens is 388 g/mol. The molecule has 0 aliphatic carbocycles. The summed E-state index contributed by atoms with van der Waals surface area (Å²) < 4.78 is 11.0. The van der Waals surface area contributed by atoms with E-state index in [1.54, 1.807) is 7.11 Å². The first-order chi connectivity index (χ1) is 15.1. The zero-order valence-corrected chi connectivity index (χ0v) is 18.5. The van der Waals surface area contributed by atoms with E-state index in [2.05, 4.69) is 23.5 Å². The van der Waals surface area contributed by atoms with Crippen LogP contribution in [0.25, 0.3) is 0 Å². The maximum atomic E-state index is 12.7. The molecule has 1 atom stereocenters. The summed E-state index contributed by atoms with van der Waals surface area (Å²) in [4.78, 5) is 13.8. The molecule has 3 aromatic rings. The van der Waals surface area contributed by atoms with Crippen LogP contribution in [0.4, 0.5) is 5.69 Å². The fourth-order valence-electron chi connectivity index (χ4n) is 3.59. The first-order valence-corrected chi connectivity index (χ1v) is 10.6. The van der Waals surface area contributed by atoms with Gasteiger partial charge in [-0.1, -0.05) is 48.5 Å². The number of hydrogen-bond acceptors (Lipinski definition) is 3. The molecule has 5 nitrogen and oxygen atoms in total. The highest BCUT2D eigenvalue weighted by atomic mass is 16.5. The number of para-hydroxylation sites is 1. The minimum absolute atomic E-state index is 0.00378. The van der Waals surface area contributed by atoms with Crippen LogP contribution >= 0.6 is 0 Å². The zero-order chi connectivity index (χ0) is 22.1. The number of methoxy groups -OCH3 is 1. The van der Waals surface area contributed by atoms with Gasteiger partial charge in [-0.05, 0) is 48.7 Å². The van der Waals surface area contributed by atoms with Crippen molar-refractivity contribution in [1.82, 2.24) is 0 Å². The van der Waals surface area contributed by atoms with Crippen LogP contribution in [-0.2, 0) is 17.8 Å². The van der Waals surface area contributed by atoms with Crippen LogP contribution in [-0.4, -0.2) is 33.2 Å². The van der Waals surface area contributed by atoms with Crippen molar-refractivity contribution in [3.8, 4) is 11.5 Å². The Morgan fingerprint density at radius 1 is 0.935 bits per heavy atom. The molecule has 0 saturated heterocycles. The average Bonchev–Trinajstić information content (AvgIpc) is 2.77. The summed E-state index contributed by atoms with van der Waals surface area (Å²) in [5.74, 6) is 1.45. The van der Waals surface area contributed by atoms with Gasteiger partial charge in [0.05, 0.1) is 20.8 Å². The number of amides is 1. The van der Waals surface area contributed by atoms with Crippen LogP contribution in [0.3, 0.4) is 0 Å². The van der Waals surface area contributed by atoms with E-state index in [4.69, 9.17) is 9.47 Å². The topological polar surface area (TPSA) is 52.0 Å². The minimum atomic E-state index is -0.00378. The first kappa shape index (κ1) is 22.4. The molecule has 0 aromatic heterocycles. The molecular formula is C26H31N2O3+. The van der Waals surface area contributed by atoms with Crippen LogP contribution in [0.5, 0.6) is 11.5 Å². The number of carbonyl (C=O) groups excluding carboxylic acids is 1. The fraction of sp³-hybridized carbons (Fsp3) is 0.269. The van der Waals surface area contributed by atoms with Crippen LogP contribution in [0, 0.1) is 0 Å². The van der Waals surface area contributed by atoms with Gasteiger partial charge in [-0.3, -0.25) is 4.79 Å². The average molecular weight is 420 g/mol. The van der Waals surface area contributed by atoms with Crippen LogP contribution < -0.4 is 19.7 Å². The normalized spacial score (nSPS) is 11.6. The summed E-state index contributed by atoms with van der Waals surface area (Å²) in [7, 11) is 3.65. The third-order valence-corrected chi connectivity index (χ3v) is 5.02. The van der Waals surface area contributed by atoms with E-state index in [-0.39, 0.29) is 5.91 Å². The van der Waals surface area contributed by atoms with Crippen molar-refractivity contribution in [2.45, 2.75) is 19.9 Å². The molecule has 3 rings (SSSR count). The molecule has 0 spiro atoms. The summed E-state index contributed by atoms with van der Waals surface area (Å²) >= 11 is 0. The fourth-order valence-corrected chi connectivity index (χ4v) is 3.59. The lowest BCUT2D eigenvalue weighted by molar-refractivity contribution is -0.885. The van der Waals surface area contributed by atoms with Gasteiger partial charge in [0.1, 0.15) is 6.54 Å². The second kappa shape index (κ2) is 11.2. The largest absolute Gasteiger partial charge is 0.493 e. The van der Waals surface area contributed by atoms with Crippen molar-refractivity contribution in [3.05, 3.63) is 89.5 Å². The Morgan fingerprint density at radius 2 is 1.68 bits per heavy atom. The van der Waals surface area contributed by atoms with E-state index in [0.29, 0.717) is 25.4 Å². The molecule has 3 aromatic carbocycles. The number of benzene rings is 3. The van der Waals surface area contributed by atoms with Crippen molar-refractivity contribution in [3.63, 3.8) is 0 Å². The Bertz CT molecular complexity index is 989. The minimum Gasteiger partial charge on any atom is -0.493 e. The van der Waals surface area contributed by atoms with Crippen LogP contribution in [0.2, 0.25) is 0 Å². The van der Waals surface area contributed by atoms with E-state index >= 15 is 0 Å². The number of rotatable bonds is 10. The third kappa shape index (κ3) is 6.59.